The number of thiophene rings is 1. The summed E-state index contributed by atoms with van der Waals surface area (Å²) in [6, 6.07) is 15.3. The average Bonchev–Trinajstić information content (AvgIpc) is 3.03. The maximum atomic E-state index is 13.9. The Balaban J connectivity index is 1.77. The molecule has 0 unspecified atom stereocenters. The Morgan fingerprint density at radius 1 is 0.917 bits per heavy atom. The van der Waals surface area contributed by atoms with Gasteiger partial charge in [-0.25, -0.2) is 18.7 Å². The lowest BCUT2D eigenvalue weighted by Gasteiger charge is -2.07. The van der Waals surface area contributed by atoms with E-state index < -0.39 is 11.6 Å². The summed E-state index contributed by atoms with van der Waals surface area (Å²) < 4.78 is 26.9. The predicted molar refractivity (Wildman–Crippen MR) is 92.5 cm³/mol. The van der Waals surface area contributed by atoms with Crippen LogP contribution in [0.3, 0.4) is 0 Å². The minimum atomic E-state index is -0.666. The van der Waals surface area contributed by atoms with Crippen molar-refractivity contribution in [2.75, 3.05) is 5.32 Å². The Morgan fingerprint density at radius 2 is 1.75 bits per heavy atom. The zero-order valence-corrected chi connectivity index (χ0v) is 13.1. The van der Waals surface area contributed by atoms with Gasteiger partial charge in [0.05, 0.1) is 11.1 Å². The van der Waals surface area contributed by atoms with E-state index in [4.69, 9.17) is 0 Å². The standard InChI is InChI=1S/C18H11F2N3S/c19-12-6-7-15(14(20)8-12)23-17-13-9-16(11-4-2-1-3-5-11)24-18(13)22-10-21-17/h1-10H,(H,21,22,23). The highest BCUT2D eigenvalue weighted by Gasteiger charge is 2.12. The minimum absolute atomic E-state index is 0.170. The van der Waals surface area contributed by atoms with Crippen molar-refractivity contribution >= 4 is 33.1 Å². The first kappa shape index (κ1) is 14.7. The maximum absolute atomic E-state index is 13.9. The van der Waals surface area contributed by atoms with E-state index in [1.54, 1.807) is 0 Å². The third-order valence-corrected chi connectivity index (χ3v) is 4.66. The number of nitrogens with zero attached hydrogens (tertiary/aromatic N) is 2. The molecular weight excluding hydrogens is 328 g/mol. The van der Waals surface area contributed by atoms with Crippen LogP contribution in [0.4, 0.5) is 20.3 Å². The van der Waals surface area contributed by atoms with Crippen LogP contribution in [0.25, 0.3) is 20.7 Å². The van der Waals surface area contributed by atoms with Crippen molar-refractivity contribution in [3.8, 4) is 10.4 Å². The molecule has 24 heavy (non-hydrogen) atoms. The van der Waals surface area contributed by atoms with Crippen molar-refractivity contribution < 1.29 is 8.78 Å². The normalized spacial score (nSPS) is 10.9. The van der Waals surface area contributed by atoms with Gasteiger partial charge in [0, 0.05) is 10.9 Å². The van der Waals surface area contributed by atoms with Gasteiger partial charge in [0.25, 0.3) is 0 Å². The summed E-state index contributed by atoms with van der Waals surface area (Å²) in [6.45, 7) is 0. The van der Waals surface area contributed by atoms with Crippen LogP contribution < -0.4 is 5.32 Å². The summed E-state index contributed by atoms with van der Waals surface area (Å²) >= 11 is 1.54. The lowest BCUT2D eigenvalue weighted by atomic mass is 10.2. The SMILES string of the molecule is Fc1ccc(Nc2ncnc3sc(-c4ccccc4)cc23)c(F)c1. The summed E-state index contributed by atoms with van der Waals surface area (Å²) in [7, 11) is 0. The number of hydrogen-bond acceptors (Lipinski definition) is 4. The number of rotatable bonds is 3. The van der Waals surface area contributed by atoms with Gasteiger partial charge in [-0.1, -0.05) is 30.3 Å². The van der Waals surface area contributed by atoms with Crippen LogP contribution in [0, 0.1) is 11.6 Å². The smallest absolute Gasteiger partial charge is 0.149 e. The molecule has 0 aliphatic heterocycles. The Labute approximate surface area is 140 Å². The van der Waals surface area contributed by atoms with Gasteiger partial charge < -0.3 is 5.32 Å². The fourth-order valence-corrected chi connectivity index (χ4v) is 3.42. The molecule has 6 heteroatoms. The predicted octanol–water partition coefficient (Wildman–Crippen LogP) is 5.38. The van der Waals surface area contributed by atoms with E-state index in [-0.39, 0.29) is 5.69 Å². The van der Waals surface area contributed by atoms with Crippen molar-refractivity contribution in [2.24, 2.45) is 0 Å². The van der Waals surface area contributed by atoms with E-state index in [0.717, 1.165) is 26.7 Å². The van der Waals surface area contributed by atoms with E-state index >= 15 is 0 Å². The molecule has 0 aliphatic carbocycles. The Morgan fingerprint density at radius 3 is 2.54 bits per heavy atom. The molecule has 0 bridgehead atoms. The van der Waals surface area contributed by atoms with Crippen LogP contribution in [-0.4, -0.2) is 9.97 Å². The summed E-state index contributed by atoms with van der Waals surface area (Å²) in [6.07, 6.45) is 1.43. The highest BCUT2D eigenvalue weighted by Crippen LogP contribution is 2.35. The maximum Gasteiger partial charge on any atom is 0.149 e. The molecule has 4 aromatic rings. The van der Waals surface area contributed by atoms with E-state index in [1.807, 2.05) is 36.4 Å². The number of anilines is 2. The summed E-state index contributed by atoms with van der Waals surface area (Å²) in [5.41, 5.74) is 1.25. The van der Waals surface area contributed by atoms with Gasteiger partial charge in [-0.05, 0) is 23.8 Å². The van der Waals surface area contributed by atoms with Gasteiger partial charge in [0.1, 0.15) is 28.6 Å². The lowest BCUT2D eigenvalue weighted by Crippen LogP contribution is -1.97. The molecule has 0 atom stereocenters. The molecule has 2 heterocycles. The first-order chi connectivity index (χ1) is 11.7. The Kier molecular flexibility index (Phi) is 3.66. The second-order valence-corrected chi connectivity index (χ2v) is 6.20. The zero-order chi connectivity index (χ0) is 16.5. The lowest BCUT2D eigenvalue weighted by molar-refractivity contribution is 0.586. The fraction of sp³-hybridized carbons (Fsp3) is 0. The third-order valence-electron chi connectivity index (χ3n) is 3.57. The molecule has 0 aliphatic rings. The van der Waals surface area contributed by atoms with Crippen LogP contribution in [0.5, 0.6) is 0 Å². The van der Waals surface area contributed by atoms with Crippen molar-refractivity contribution in [1.29, 1.82) is 0 Å². The molecule has 0 radical (unpaired) electrons. The average molecular weight is 339 g/mol. The van der Waals surface area contributed by atoms with Gasteiger partial charge in [0.15, 0.2) is 0 Å². The fourth-order valence-electron chi connectivity index (χ4n) is 2.42. The second-order valence-electron chi connectivity index (χ2n) is 5.17. The van der Waals surface area contributed by atoms with E-state index in [1.165, 1.54) is 29.8 Å². The molecule has 0 fully saturated rings. The highest BCUT2D eigenvalue weighted by atomic mass is 32.1. The van der Waals surface area contributed by atoms with Crippen LogP contribution in [-0.2, 0) is 0 Å². The van der Waals surface area contributed by atoms with Crippen LogP contribution in [0.2, 0.25) is 0 Å². The molecule has 3 nitrogen and oxygen atoms in total. The molecule has 0 amide bonds. The first-order valence-electron chi connectivity index (χ1n) is 7.23. The molecule has 4 rings (SSSR count). The third kappa shape index (κ3) is 2.72. The molecule has 0 saturated carbocycles. The number of halogens is 2. The molecule has 0 saturated heterocycles. The molecule has 0 spiro atoms. The first-order valence-corrected chi connectivity index (χ1v) is 8.04. The van der Waals surface area contributed by atoms with Crippen molar-refractivity contribution in [3.05, 3.63) is 72.6 Å². The number of aromatic nitrogens is 2. The molecule has 118 valence electrons. The molecule has 2 aromatic carbocycles. The van der Waals surface area contributed by atoms with Crippen molar-refractivity contribution in [3.63, 3.8) is 0 Å². The van der Waals surface area contributed by atoms with Gasteiger partial charge in [-0.15, -0.1) is 11.3 Å². The van der Waals surface area contributed by atoms with Gasteiger partial charge in [0.2, 0.25) is 0 Å². The van der Waals surface area contributed by atoms with E-state index in [9.17, 15) is 8.78 Å². The van der Waals surface area contributed by atoms with Crippen molar-refractivity contribution in [2.45, 2.75) is 0 Å². The summed E-state index contributed by atoms with van der Waals surface area (Å²) in [5, 5.41) is 3.72. The summed E-state index contributed by atoms with van der Waals surface area (Å²) in [4.78, 5) is 10.3. The van der Waals surface area contributed by atoms with Gasteiger partial charge in [-0.2, -0.15) is 0 Å². The van der Waals surface area contributed by atoms with Gasteiger partial charge in [-0.3, -0.25) is 0 Å². The second kappa shape index (κ2) is 5.98. The Bertz CT molecular complexity index is 1020. The van der Waals surface area contributed by atoms with E-state index in [0.29, 0.717) is 5.82 Å². The van der Waals surface area contributed by atoms with E-state index in [2.05, 4.69) is 15.3 Å². The van der Waals surface area contributed by atoms with Crippen LogP contribution in [0.1, 0.15) is 0 Å². The minimum Gasteiger partial charge on any atom is -0.337 e. The largest absolute Gasteiger partial charge is 0.337 e. The molecular formula is C18H11F2N3S. The number of nitrogens with one attached hydrogen (secondary N) is 1. The number of fused-ring (bicyclic) bond motifs is 1. The van der Waals surface area contributed by atoms with Crippen LogP contribution >= 0.6 is 11.3 Å². The van der Waals surface area contributed by atoms with Crippen LogP contribution in [0.15, 0.2) is 60.9 Å². The summed E-state index contributed by atoms with van der Waals surface area (Å²) in [5.74, 6) is -0.794. The quantitative estimate of drug-likeness (QED) is 0.544. The highest BCUT2D eigenvalue weighted by molar-refractivity contribution is 7.21. The molecule has 2 aromatic heterocycles. The zero-order valence-electron chi connectivity index (χ0n) is 12.3. The monoisotopic (exact) mass is 339 g/mol. The number of hydrogen-bond donors (Lipinski definition) is 1. The van der Waals surface area contributed by atoms with Gasteiger partial charge >= 0.3 is 0 Å². The topological polar surface area (TPSA) is 37.8 Å². The molecule has 1 N–H and O–H groups in total. The van der Waals surface area contributed by atoms with Crippen molar-refractivity contribution in [1.82, 2.24) is 9.97 Å². The number of benzene rings is 2. The Hall–Kier alpha value is -2.86.